The van der Waals surface area contributed by atoms with E-state index in [0.717, 1.165) is 53.8 Å². The number of unbranched alkanes of at least 4 members (excludes halogenated alkanes) is 3. The van der Waals surface area contributed by atoms with E-state index in [2.05, 4.69) is 15.8 Å². The number of hydrogen-bond acceptors (Lipinski definition) is 12. The number of ether oxygens (including phenoxy) is 8. The SMILES string of the molecule is COc1ccc2c(c1)C(=O)NC(c1ccc(OCCCCCCOc3cc(C4CC(c5cc(OC)c(OC)c(OC)c5)=NO4)ccc3OC)c(OC)c1)N2. The minimum absolute atomic E-state index is 0.178. The van der Waals surface area contributed by atoms with Crippen molar-refractivity contribution in [1.82, 2.24) is 5.32 Å². The van der Waals surface area contributed by atoms with E-state index < -0.39 is 6.17 Å². The van der Waals surface area contributed by atoms with Gasteiger partial charge in [0.25, 0.3) is 5.91 Å². The van der Waals surface area contributed by atoms with Crippen molar-refractivity contribution >= 4 is 17.3 Å². The van der Waals surface area contributed by atoms with Crippen LogP contribution in [-0.2, 0) is 4.84 Å². The average Bonchev–Trinajstić information content (AvgIpc) is 3.71. The maximum absolute atomic E-state index is 12.8. The van der Waals surface area contributed by atoms with Gasteiger partial charge >= 0.3 is 0 Å². The lowest BCUT2D eigenvalue weighted by atomic mass is 9.99. The molecule has 0 saturated heterocycles. The van der Waals surface area contributed by atoms with E-state index in [-0.39, 0.29) is 12.0 Å². The Labute approximate surface area is 315 Å². The molecule has 2 N–H and O–H groups in total. The Morgan fingerprint density at radius 1 is 0.630 bits per heavy atom. The summed E-state index contributed by atoms with van der Waals surface area (Å²) in [5.74, 6) is 4.63. The van der Waals surface area contributed by atoms with Crippen LogP contribution in [0, 0.1) is 0 Å². The number of nitrogens with one attached hydrogen (secondary N) is 2. The second-order valence-corrected chi connectivity index (χ2v) is 12.6. The second kappa shape index (κ2) is 17.7. The molecule has 2 heterocycles. The minimum atomic E-state index is -0.413. The number of oxime groups is 1. The molecule has 0 aromatic heterocycles. The molecule has 0 bridgehead atoms. The van der Waals surface area contributed by atoms with Gasteiger partial charge in [0.05, 0.1) is 67.1 Å². The molecule has 0 aliphatic carbocycles. The summed E-state index contributed by atoms with van der Waals surface area (Å²) in [7, 11) is 9.55. The van der Waals surface area contributed by atoms with Gasteiger partial charge in [0.15, 0.2) is 40.6 Å². The molecule has 2 atom stereocenters. The summed E-state index contributed by atoms with van der Waals surface area (Å²) in [6.07, 6.45) is 3.55. The molecule has 4 aromatic carbocycles. The first-order valence-electron chi connectivity index (χ1n) is 17.8. The lowest BCUT2D eigenvalue weighted by Crippen LogP contribution is -2.38. The van der Waals surface area contributed by atoms with Crippen LogP contribution in [0.4, 0.5) is 5.69 Å². The molecule has 13 nitrogen and oxygen atoms in total. The Morgan fingerprint density at radius 2 is 1.28 bits per heavy atom. The highest BCUT2D eigenvalue weighted by Gasteiger charge is 2.28. The Balaban J connectivity index is 0.948. The first-order valence-corrected chi connectivity index (χ1v) is 17.8. The fourth-order valence-corrected chi connectivity index (χ4v) is 6.42. The Hall–Kier alpha value is -5.98. The molecule has 2 aliphatic heterocycles. The molecule has 54 heavy (non-hydrogen) atoms. The van der Waals surface area contributed by atoms with Crippen molar-refractivity contribution in [2.24, 2.45) is 5.16 Å². The van der Waals surface area contributed by atoms with E-state index in [0.29, 0.717) is 71.2 Å². The van der Waals surface area contributed by atoms with E-state index in [1.54, 1.807) is 48.7 Å². The number of hydrogen-bond donors (Lipinski definition) is 2. The summed E-state index contributed by atoms with van der Waals surface area (Å²) in [5.41, 5.74) is 4.66. The quantitative estimate of drug-likeness (QED) is 0.0983. The van der Waals surface area contributed by atoms with Gasteiger partial charge in [-0.05, 0) is 91.4 Å². The maximum atomic E-state index is 12.8. The zero-order chi connectivity index (χ0) is 38.0. The molecule has 286 valence electrons. The molecule has 0 spiro atoms. The van der Waals surface area contributed by atoms with Crippen LogP contribution < -0.4 is 48.5 Å². The molecule has 0 fully saturated rings. The highest BCUT2D eigenvalue weighted by molar-refractivity contribution is 6.03. The lowest BCUT2D eigenvalue weighted by molar-refractivity contribution is 0.0854. The second-order valence-electron chi connectivity index (χ2n) is 12.6. The van der Waals surface area contributed by atoms with Crippen LogP contribution in [0.15, 0.2) is 71.9 Å². The Bertz CT molecular complexity index is 1940. The van der Waals surface area contributed by atoms with Crippen molar-refractivity contribution in [3.05, 3.63) is 89.0 Å². The molecule has 2 aliphatic rings. The van der Waals surface area contributed by atoms with Gasteiger partial charge in [0, 0.05) is 17.7 Å². The number of nitrogens with zero attached hydrogens (tertiary/aromatic N) is 1. The minimum Gasteiger partial charge on any atom is -0.497 e. The monoisotopic (exact) mass is 741 g/mol. The third-order valence-electron chi connectivity index (χ3n) is 9.35. The first kappa shape index (κ1) is 37.8. The van der Waals surface area contributed by atoms with Gasteiger partial charge in [-0.1, -0.05) is 17.3 Å². The van der Waals surface area contributed by atoms with Crippen LogP contribution in [-0.4, -0.2) is 67.5 Å². The molecular weight excluding hydrogens is 694 g/mol. The predicted molar refractivity (Wildman–Crippen MR) is 203 cm³/mol. The van der Waals surface area contributed by atoms with Crippen molar-refractivity contribution in [2.45, 2.75) is 44.4 Å². The Morgan fingerprint density at radius 3 is 1.94 bits per heavy atom. The van der Waals surface area contributed by atoms with Gasteiger partial charge < -0.3 is 53.4 Å². The highest BCUT2D eigenvalue weighted by Crippen LogP contribution is 2.41. The maximum Gasteiger partial charge on any atom is 0.255 e. The third kappa shape index (κ3) is 8.46. The van der Waals surface area contributed by atoms with Crippen LogP contribution in [0.3, 0.4) is 0 Å². The Kier molecular flexibility index (Phi) is 12.4. The van der Waals surface area contributed by atoms with Crippen LogP contribution >= 0.6 is 0 Å². The molecule has 4 aromatic rings. The number of carbonyl (C=O) groups excluding carboxylic acids is 1. The lowest BCUT2D eigenvalue weighted by Gasteiger charge is -2.28. The molecular formula is C41H47N3O10. The number of rotatable bonds is 18. The number of fused-ring (bicyclic) bond motifs is 1. The number of carbonyl (C=O) groups is 1. The molecule has 0 saturated carbocycles. The highest BCUT2D eigenvalue weighted by atomic mass is 16.6. The van der Waals surface area contributed by atoms with Crippen molar-refractivity contribution < 1.29 is 47.5 Å². The van der Waals surface area contributed by atoms with Gasteiger partial charge in [-0.2, -0.15) is 0 Å². The van der Waals surface area contributed by atoms with Gasteiger partial charge in [0.1, 0.15) is 11.9 Å². The van der Waals surface area contributed by atoms with Gasteiger partial charge in [-0.15, -0.1) is 0 Å². The fraction of sp³-hybridized carbons (Fsp3) is 0.366. The van der Waals surface area contributed by atoms with Crippen molar-refractivity contribution in [3.63, 3.8) is 0 Å². The number of anilines is 1. The standard InChI is InChI=1S/C41H47N3O10/c1-46-28-13-14-30-29(23-28)41(45)43-40(42-30)26-12-16-33(35(20-26)48-3)52-17-9-7-8-10-18-53-36-19-25(11-15-32(36)47-2)34-24-31(44-54-34)27-21-37(49-4)39(51-6)38(22-27)50-5/h11-16,19-23,34,40,42H,7-10,17-18,24H2,1-6H3,(H,43,45). The molecule has 2 unspecified atom stereocenters. The summed E-state index contributed by atoms with van der Waals surface area (Å²) in [6, 6.07) is 20.6. The van der Waals surface area contributed by atoms with Gasteiger partial charge in [0.2, 0.25) is 5.75 Å². The molecule has 13 heteroatoms. The number of amides is 1. The number of methoxy groups -OCH3 is 6. The zero-order valence-electron chi connectivity index (χ0n) is 31.5. The van der Waals surface area contributed by atoms with Gasteiger partial charge in [-0.3, -0.25) is 4.79 Å². The van der Waals surface area contributed by atoms with E-state index in [1.165, 1.54) is 0 Å². The normalized spacial score (nSPS) is 15.8. The van der Waals surface area contributed by atoms with Crippen molar-refractivity contribution in [3.8, 4) is 46.0 Å². The molecule has 1 amide bonds. The smallest absolute Gasteiger partial charge is 0.255 e. The molecule has 0 radical (unpaired) electrons. The summed E-state index contributed by atoms with van der Waals surface area (Å²) in [6.45, 7) is 1.08. The third-order valence-corrected chi connectivity index (χ3v) is 9.35. The van der Waals surface area contributed by atoms with E-state index >= 15 is 0 Å². The summed E-state index contributed by atoms with van der Waals surface area (Å²) < 4.78 is 45.2. The van der Waals surface area contributed by atoms with E-state index in [9.17, 15) is 4.79 Å². The van der Waals surface area contributed by atoms with Crippen LogP contribution in [0.2, 0.25) is 0 Å². The van der Waals surface area contributed by atoms with Crippen LogP contribution in [0.1, 0.15) is 71.4 Å². The average molecular weight is 742 g/mol. The fourth-order valence-electron chi connectivity index (χ4n) is 6.42. The zero-order valence-corrected chi connectivity index (χ0v) is 31.5. The van der Waals surface area contributed by atoms with Crippen molar-refractivity contribution in [2.75, 3.05) is 61.2 Å². The molecule has 6 rings (SSSR count). The number of benzene rings is 4. The van der Waals surface area contributed by atoms with Gasteiger partial charge in [-0.25, -0.2) is 0 Å². The summed E-state index contributed by atoms with van der Waals surface area (Å²) in [4.78, 5) is 18.7. The van der Waals surface area contributed by atoms with Crippen LogP contribution in [0.25, 0.3) is 0 Å². The first-order chi connectivity index (χ1) is 26.4. The van der Waals surface area contributed by atoms with E-state index in [4.69, 9.17) is 42.7 Å². The summed E-state index contributed by atoms with van der Waals surface area (Å²) in [5, 5.41) is 10.7. The topological polar surface area (TPSA) is 137 Å². The van der Waals surface area contributed by atoms with Crippen molar-refractivity contribution in [1.29, 1.82) is 0 Å². The summed E-state index contributed by atoms with van der Waals surface area (Å²) >= 11 is 0. The van der Waals surface area contributed by atoms with E-state index in [1.807, 2.05) is 60.7 Å². The largest absolute Gasteiger partial charge is 0.497 e. The predicted octanol–water partition coefficient (Wildman–Crippen LogP) is 7.48. The van der Waals surface area contributed by atoms with Crippen LogP contribution in [0.5, 0.6) is 46.0 Å².